The third-order valence-corrected chi connectivity index (χ3v) is 3.39. The molecule has 0 amide bonds. The zero-order chi connectivity index (χ0) is 14.8. The Bertz CT molecular complexity index is 760. The first kappa shape index (κ1) is 13.6. The lowest BCUT2D eigenvalue weighted by Crippen LogP contribution is -2.04. The highest BCUT2D eigenvalue weighted by Crippen LogP contribution is 2.28. The standard InChI is InChI=1S/C17H18N2O2/c1-11-9-12(2)16-15(10-11)19-17(21-16)13-3-5-14(6-4-13)18-7-8-20/h3-6,9-10,18,20H,7-8H2,1-2H3. The van der Waals surface area contributed by atoms with Crippen LogP contribution in [0.3, 0.4) is 0 Å². The molecule has 4 nitrogen and oxygen atoms in total. The summed E-state index contributed by atoms with van der Waals surface area (Å²) in [6.45, 7) is 4.75. The van der Waals surface area contributed by atoms with E-state index in [9.17, 15) is 0 Å². The molecule has 1 aromatic heterocycles. The number of hydrogen-bond donors (Lipinski definition) is 2. The van der Waals surface area contributed by atoms with Gasteiger partial charge in [-0.1, -0.05) is 6.07 Å². The molecular weight excluding hydrogens is 264 g/mol. The fourth-order valence-electron chi connectivity index (χ4n) is 2.43. The summed E-state index contributed by atoms with van der Waals surface area (Å²) < 4.78 is 5.89. The van der Waals surface area contributed by atoms with Crippen molar-refractivity contribution in [2.24, 2.45) is 0 Å². The molecule has 0 spiro atoms. The molecule has 0 aliphatic heterocycles. The van der Waals surface area contributed by atoms with Crippen LogP contribution in [0.4, 0.5) is 5.69 Å². The predicted molar refractivity (Wildman–Crippen MR) is 84.5 cm³/mol. The Morgan fingerprint density at radius 1 is 1.14 bits per heavy atom. The van der Waals surface area contributed by atoms with E-state index in [-0.39, 0.29) is 6.61 Å². The number of aryl methyl sites for hydroxylation is 2. The van der Waals surface area contributed by atoms with Crippen molar-refractivity contribution in [2.45, 2.75) is 13.8 Å². The summed E-state index contributed by atoms with van der Waals surface area (Å²) >= 11 is 0. The fraction of sp³-hybridized carbons (Fsp3) is 0.235. The number of rotatable bonds is 4. The summed E-state index contributed by atoms with van der Waals surface area (Å²) in [7, 11) is 0. The van der Waals surface area contributed by atoms with Gasteiger partial charge in [0.2, 0.25) is 5.89 Å². The Hall–Kier alpha value is -2.33. The van der Waals surface area contributed by atoms with Crippen molar-refractivity contribution in [1.29, 1.82) is 0 Å². The second-order valence-electron chi connectivity index (χ2n) is 5.18. The zero-order valence-corrected chi connectivity index (χ0v) is 12.2. The minimum absolute atomic E-state index is 0.117. The number of hydrogen-bond acceptors (Lipinski definition) is 4. The molecule has 108 valence electrons. The van der Waals surface area contributed by atoms with Crippen molar-refractivity contribution in [3.63, 3.8) is 0 Å². The van der Waals surface area contributed by atoms with Crippen molar-refractivity contribution in [2.75, 3.05) is 18.5 Å². The van der Waals surface area contributed by atoms with E-state index in [0.717, 1.165) is 27.9 Å². The number of fused-ring (bicyclic) bond motifs is 1. The molecule has 0 bridgehead atoms. The SMILES string of the molecule is Cc1cc(C)c2oc(-c3ccc(NCCO)cc3)nc2c1. The summed E-state index contributed by atoms with van der Waals surface area (Å²) in [5.41, 5.74) is 5.94. The van der Waals surface area contributed by atoms with E-state index in [1.54, 1.807) is 0 Å². The number of aromatic nitrogens is 1. The first-order valence-electron chi connectivity index (χ1n) is 7.00. The lowest BCUT2D eigenvalue weighted by Gasteiger charge is -2.04. The number of aliphatic hydroxyl groups excluding tert-OH is 1. The van der Waals surface area contributed by atoms with Gasteiger partial charge >= 0.3 is 0 Å². The van der Waals surface area contributed by atoms with Crippen LogP contribution in [0.5, 0.6) is 0 Å². The van der Waals surface area contributed by atoms with Gasteiger partial charge < -0.3 is 14.8 Å². The molecule has 21 heavy (non-hydrogen) atoms. The number of nitrogens with one attached hydrogen (secondary N) is 1. The summed E-state index contributed by atoms with van der Waals surface area (Å²) in [5.74, 6) is 0.632. The first-order chi connectivity index (χ1) is 10.2. The Labute approximate surface area is 123 Å². The number of oxazole rings is 1. The topological polar surface area (TPSA) is 58.3 Å². The highest BCUT2D eigenvalue weighted by Gasteiger charge is 2.10. The summed E-state index contributed by atoms with van der Waals surface area (Å²) in [4.78, 5) is 4.57. The van der Waals surface area contributed by atoms with Crippen LogP contribution in [0.15, 0.2) is 40.8 Å². The second kappa shape index (κ2) is 5.58. The number of anilines is 1. The number of benzene rings is 2. The summed E-state index contributed by atoms with van der Waals surface area (Å²) in [6, 6.07) is 12.0. The Kier molecular flexibility index (Phi) is 3.62. The van der Waals surface area contributed by atoms with Crippen LogP contribution in [-0.2, 0) is 0 Å². The molecule has 0 unspecified atom stereocenters. The minimum atomic E-state index is 0.117. The van der Waals surface area contributed by atoms with Gasteiger partial charge in [-0.2, -0.15) is 0 Å². The van der Waals surface area contributed by atoms with E-state index in [1.165, 1.54) is 5.56 Å². The normalized spacial score (nSPS) is 11.0. The molecule has 0 saturated heterocycles. The van der Waals surface area contributed by atoms with E-state index in [4.69, 9.17) is 9.52 Å². The summed E-state index contributed by atoms with van der Waals surface area (Å²) in [6.07, 6.45) is 0. The molecule has 1 heterocycles. The molecule has 2 aromatic carbocycles. The molecular formula is C17H18N2O2. The quantitative estimate of drug-likeness (QED) is 0.768. The maximum Gasteiger partial charge on any atom is 0.227 e. The van der Waals surface area contributed by atoms with Gasteiger partial charge in [0, 0.05) is 17.8 Å². The minimum Gasteiger partial charge on any atom is -0.436 e. The molecule has 4 heteroatoms. The lowest BCUT2D eigenvalue weighted by atomic mass is 10.1. The Balaban J connectivity index is 1.95. The van der Waals surface area contributed by atoms with Crippen LogP contribution in [0.2, 0.25) is 0 Å². The van der Waals surface area contributed by atoms with E-state index in [2.05, 4.69) is 23.3 Å². The molecule has 0 aliphatic rings. The van der Waals surface area contributed by atoms with Gasteiger partial charge in [-0.15, -0.1) is 0 Å². The first-order valence-corrected chi connectivity index (χ1v) is 7.00. The molecule has 0 radical (unpaired) electrons. The Morgan fingerprint density at radius 2 is 1.90 bits per heavy atom. The molecule has 2 N–H and O–H groups in total. The number of nitrogens with zero attached hydrogens (tertiary/aromatic N) is 1. The van der Waals surface area contributed by atoms with Crippen LogP contribution in [0.25, 0.3) is 22.6 Å². The molecule has 0 fully saturated rings. The number of aliphatic hydroxyl groups is 1. The lowest BCUT2D eigenvalue weighted by molar-refractivity contribution is 0.311. The van der Waals surface area contributed by atoms with Gasteiger partial charge in [-0.3, -0.25) is 0 Å². The van der Waals surface area contributed by atoms with Gasteiger partial charge in [-0.25, -0.2) is 4.98 Å². The third-order valence-electron chi connectivity index (χ3n) is 3.39. The van der Waals surface area contributed by atoms with Crippen LogP contribution >= 0.6 is 0 Å². The average Bonchev–Trinajstić information content (AvgIpc) is 2.90. The van der Waals surface area contributed by atoms with Gasteiger partial charge in [-0.05, 0) is 55.3 Å². The van der Waals surface area contributed by atoms with Gasteiger partial charge in [0.25, 0.3) is 0 Å². The van der Waals surface area contributed by atoms with Crippen molar-refractivity contribution < 1.29 is 9.52 Å². The second-order valence-corrected chi connectivity index (χ2v) is 5.18. The maximum atomic E-state index is 8.80. The van der Waals surface area contributed by atoms with Crippen molar-refractivity contribution in [3.8, 4) is 11.5 Å². The van der Waals surface area contributed by atoms with Gasteiger partial charge in [0.05, 0.1) is 6.61 Å². The van der Waals surface area contributed by atoms with Crippen LogP contribution < -0.4 is 5.32 Å². The maximum absolute atomic E-state index is 8.80. The molecule has 0 saturated carbocycles. The van der Waals surface area contributed by atoms with Crippen LogP contribution in [0, 0.1) is 13.8 Å². The highest BCUT2D eigenvalue weighted by atomic mass is 16.3. The monoisotopic (exact) mass is 282 g/mol. The largest absolute Gasteiger partial charge is 0.436 e. The van der Waals surface area contributed by atoms with E-state index < -0.39 is 0 Å². The average molecular weight is 282 g/mol. The van der Waals surface area contributed by atoms with Crippen LogP contribution in [0.1, 0.15) is 11.1 Å². The van der Waals surface area contributed by atoms with E-state index >= 15 is 0 Å². The fourth-order valence-corrected chi connectivity index (χ4v) is 2.43. The van der Waals surface area contributed by atoms with Crippen molar-refractivity contribution >= 4 is 16.8 Å². The van der Waals surface area contributed by atoms with Gasteiger partial charge in [0.15, 0.2) is 5.58 Å². The summed E-state index contributed by atoms with van der Waals surface area (Å²) in [5, 5.41) is 11.9. The zero-order valence-electron chi connectivity index (χ0n) is 12.2. The van der Waals surface area contributed by atoms with Gasteiger partial charge in [0.1, 0.15) is 5.52 Å². The van der Waals surface area contributed by atoms with Crippen LogP contribution in [-0.4, -0.2) is 23.2 Å². The smallest absolute Gasteiger partial charge is 0.227 e. The van der Waals surface area contributed by atoms with Crippen molar-refractivity contribution in [1.82, 2.24) is 4.98 Å². The molecule has 0 atom stereocenters. The highest BCUT2D eigenvalue weighted by molar-refractivity contribution is 5.80. The Morgan fingerprint density at radius 3 is 2.62 bits per heavy atom. The molecule has 3 aromatic rings. The third kappa shape index (κ3) is 2.76. The predicted octanol–water partition coefficient (Wildman–Crippen LogP) is 3.52. The molecule has 3 rings (SSSR count). The van der Waals surface area contributed by atoms with E-state index in [0.29, 0.717) is 12.4 Å². The van der Waals surface area contributed by atoms with Crippen molar-refractivity contribution in [3.05, 3.63) is 47.5 Å². The van der Waals surface area contributed by atoms with E-state index in [1.807, 2.05) is 37.3 Å². The molecule has 0 aliphatic carbocycles.